The summed E-state index contributed by atoms with van der Waals surface area (Å²) >= 11 is 7.07. The summed E-state index contributed by atoms with van der Waals surface area (Å²) in [7, 11) is 0. The standard InChI is InChI=1S/2C7H15.C6H5.H3O2PS2.Zn/c2*1-3-5-7-6-4-2;1-2-4-6-5-3-1;1-3(2,4)5;/h2*1,3-7H2,2H3;1-5H;(H3,1,2,4,5);/q3*-1;;. The van der Waals surface area contributed by atoms with Gasteiger partial charge in [-0.25, -0.2) is 0 Å². The zero-order valence-electron chi connectivity index (χ0n) is 16.8. The van der Waals surface area contributed by atoms with Crippen LogP contribution >= 0.6 is 17.9 Å². The molecule has 0 heterocycles. The van der Waals surface area contributed by atoms with Gasteiger partial charge < -0.3 is 23.6 Å². The molecule has 6 heteroatoms. The van der Waals surface area contributed by atoms with Crippen LogP contribution in [0.15, 0.2) is 30.3 Å². The van der Waals surface area contributed by atoms with Gasteiger partial charge in [-0.15, -0.1) is 0 Å². The van der Waals surface area contributed by atoms with Crippen molar-refractivity contribution in [2.45, 2.75) is 78.1 Å². The van der Waals surface area contributed by atoms with Crippen molar-refractivity contribution < 1.29 is 29.3 Å². The molecule has 0 fully saturated rings. The molecule has 1 aromatic rings. The average molecular weight is 471 g/mol. The number of thiol groups is 1. The van der Waals surface area contributed by atoms with Crippen molar-refractivity contribution in [3.8, 4) is 0 Å². The van der Waals surface area contributed by atoms with E-state index in [4.69, 9.17) is 9.79 Å². The number of hydrogen-bond acceptors (Lipinski definition) is 1. The van der Waals surface area contributed by atoms with Gasteiger partial charge in [0, 0.05) is 19.5 Å². The van der Waals surface area contributed by atoms with E-state index in [-0.39, 0.29) is 19.5 Å². The topological polar surface area (TPSA) is 40.5 Å². The molecule has 1 aromatic carbocycles. The second-order valence-electron chi connectivity index (χ2n) is 5.42. The molecule has 0 spiro atoms. The van der Waals surface area contributed by atoms with E-state index in [2.05, 4.69) is 57.8 Å². The largest absolute Gasteiger partial charge is 0.343 e. The second kappa shape index (κ2) is 30.5. The van der Waals surface area contributed by atoms with Gasteiger partial charge in [0.1, 0.15) is 0 Å². The van der Waals surface area contributed by atoms with Crippen molar-refractivity contribution in [3.05, 3.63) is 50.2 Å². The molecular formula is C20H38O2PS2Zn-3. The van der Waals surface area contributed by atoms with E-state index >= 15 is 0 Å². The Morgan fingerprint density at radius 3 is 1.35 bits per heavy atom. The van der Waals surface area contributed by atoms with Crippen LogP contribution in [0.2, 0.25) is 0 Å². The van der Waals surface area contributed by atoms with Gasteiger partial charge in [-0.05, 0) is 11.8 Å². The third-order valence-electron chi connectivity index (χ3n) is 2.81. The third-order valence-corrected chi connectivity index (χ3v) is 2.81. The Hall–Kier alpha value is 0.763. The summed E-state index contributed by atoms with van der Waals surface area (Å²) in [5.74, 6) is 0. The summed E-state index contributed by atoms with van der Waals surface area (Å²) in [6, 6.07) is 12.5. The van der Waals surface area contributed by atoms with E-state index in [9.17, 15) is 0 Å². The molecule has 0 aliphatic carbocycles. The van der Waals surface area contributed by atoms with Gasteiger partial charge >= 0.3 is 0 Å². The smallest absolute Gasteiger partial charge is 0.239 e. The minimum Gasteiger partial charge on any atom is -0.343 e. The normalized spacial score (nSPS) is 9.19. The van der Waals surface area contributed by atoms with E-state index in [0.717, 1.165) is 12.8 Å². The zero-order valence-corrected chi connectivity index (χ0v) is 22.3. The molecular weight excluding hydrogens is 433 g/mol. The van der Waals surface area contributed by atoms with Gasteiger partial charge in [0.05, 0.1) is 0 Å². The molecule has 2 nitrogen and oxygen atoms in total. The Bertz CT molecular complexity index is 309. The average Bonchev–Trinajstić information content (AvgIpc) is 2.57. The summed E-state index contributed by atoms with van der Waals surface area (Å²) in [6.07, 6.45) is 13.0. The van der Waals surface area contributed by atoms with Gasteiger partial charge in [-0.2, -0.15) is 49.2 Å². The molecule has 2 N–H and O–H groups in total. The van der Waals surface area contributed by atoms with Crippen LogP contribution in [0.3, 0.4) is 0 Å². The van der Waals surface area contributed by atoms with E-state index in [1.807, 2.05) is 30.3 Å². The maximum atomic E-state index is 7.87. The quantitative estimate of drug-likeness (QED) is 0.124. The molecule has 0 bridgehead atoms. The number of benzene rings is 1. The number of rotatable bonds is 8. The number of unbranched alkanes of at least 4 members (excludes halogenated alkanes) is 8. The van der Waals surface area contributed by atoms with Crippen molar-refractivity contribution in [2.24, 2.45) is 0 Å². The van der Waals surface area contributed by atoms with Crippen molar-refractivity contribution in [3.63, 3.8) is 0 Å². The van der Waals surface area contributed by atoms with Crippen LogP contribution in [0.25, 0.3) is 0 Å². The number of hydrogen-bond donors (Lipinski definition) is 3. The molecule has 0 atom stereocenters. The van der Waals surface area contributed by atoms with Gasteiger partial charge in [-0.1, -0.05) is 77.5 Å². The summed E-state index contributed by atoms with van der Waals surface area (Å²) < 4.78 is 0. The van der Waals surface area contributed by atoms with Crippen LogP contribution in [0, 0.1) is 19.9 Å². The monoisotopic (exact) mass is 469 g/mol. The van der Waals surface area contributed by atoms with Gasteiger partial charge in [0.15, 0.2) is 0 Å². The fraction of sp³-hybridized carbons (Fsp3) is 0.600. The fourth-order valence-electron chi connectivity index (χ4n) is 1.55. The van der Waals surface area contributed by atoms with E-state index in [1.165, 1.54) is 51.4 Å². The van der Waals surface area contributed by atoms with Crippen LogP contribution in [0.4, 0.5) is 0 Å². The minimum absolute atomic E-state index is 0. The first-order valence-electron chi connectivity index (χ1n) is 9.11. The summed E-state index contributed by atoms with van der Waals surface area (Å²) in [5, 5.41) is 0. The first kappa shape index (κ1) is 34.3. The maximum Gasteiger partial charge on any atom is 0.239 e. The third kappa shape index (κ3) is 64.2. The van der Waals surface area contributed by atoms with E-state index < -0.39 is 5.69 Å². The Kier molecular flexibility index (Phi) is 40.2. The molecule has 0 saturated heterocycles. The van der Waals surface area contributed by atoms with Crippen LogP contribution in [0.5, 0.6) is 0 Å². The molecule has 0 amide bonds. The van der Waals surface area contributed by atoms with Gasteiger partial charge in [0.2, 0.25) is 5.69 Å². The molecule has 0 saturated carbocycles. The van der Waals surface area contributed by atoms with E-state index in [1.54, 1.807) is 0 Å². The van der Waals surface area contributed by atoms with Crippen molar-refractivity contribution in [2.75, 3.05) is 0 Å². The molecule has 0 radical (unpaired) electrons. The molecule has 152 valence electrons. The Morgan fingerprint density at radius 1 is 0.846 bits per heavy atom. The van der Waals surface area contributed by atoms with Crippen molar-refractivity contribution >= 4 is 29.7 Å². The van der Waals surface area contributed by atoms with Crippen LogP contribution in [0.1, 0.15) is 78.1 Å². The van der Waals surface area contributed by atoms with E-state index in [0.29, 0.717) is 0 Å². The Balaban J connectivity index is -0.000000123. The molecule has 0 unspecified atom stereocenters. The Labute approximate surface area is 186 Å². The SMILES string of the molecule is OP(O)(=S)S.[CH2-]CCCCCC.[CH2-]CCCCCC.[Zn].[c-]1ccccc1. The van der Waals surface area contributed by atoms with Crippen LogP contribution in [-0.2, 0) is 31.3 Å². The molecule has 1 rings (SSSR count). The van der Waals surface area contributed by atoms with Crippen molar-refractivity contribution in [1.29, 1.82) is 0 Å². The second-order valence-corrected chi connectivity index (χ2v) is 10.5. The van der Waals surface area contributed by atoms with Gasteiger partial charge in [0.25, 0.3) is 0 Å². The first-order valence-corrected chi connectivity index (χ1v) is 13.0. The predicted molar refractivity (Wildman–Crippen MR) is 121 cm³/mol. The summed E-state index contributed by atoms with van der Waals surface area (Å²) in [6.45, 7) is 12.0. The van der Waals surface area contributed by atoms with Crippen molar-refractivity contribution in [1.82, 2.24) is 0 Å². The predicted octanol–water partition coefficient (Wildman–Crippen LogP) is 7.19. The summed E-state index contributed by atoms with van der Waals surface area (Å²) in [5.41, 5.74) is -3.11. The Morgan fingerprint density at radius 2 is 1.19 bits per heavy atom. The zero-order chi connectivity index (χ0) is 19.8. The summed E-state index contributed by atoms with van der Waals surface area (Å²) in [4.78, 5) is 15.7. The molecule has 0 aliphatic rings. The maximum absolute atomic E-state index is 7.87. The molecule has 0 aliphatic heterocycles. The molecule has 26 heavy (non-hydrogen) atoms. The first-order chi connectivity index (χ1) is 11.8. The molecule has 0 aromatic heterocycles. The fourth-order valence-corrected chi connectivity index (χ4v) is 1.55. The minimum atomic E-state index is -3.11. The van der Waals surface area contributed by atoms with Gasteiger partial charge in [-0.3, -0.25) is 0 Å². The van der Waals surface area contributed by atoms with Crippen LogP contribution in [-0.4, -0.2) is 9.79 Å². The van der Waals surface area contributed by atoms with Crippen LogP contribution < -0.4 is 0 Å².